The van der Waals surface area contributed by atoms with Gasteiger partial charge in [-0.05, 0) is 36.8 Å². The number of benzene rings is 2. The van der Waals surface area contributed by atoms with Crippen molar-refractivity contribution in [3.05, 3.63) is 58.1 Å². The first-order valence-electron chi connectivity index (χ1n) is 9.32. The Hall–Kier alpha value is -4.28. The maximum atomic E-state index is 12.6. The van der Waals surface area contributed by atoms with Crippen LogP contribution in [0.1, 0.15) is 18.0 Å². The number of fused-ring (bicyclic) bond motifs is 1. The number of amides is 2. The molecule has 1 aromatic heterocycles. The quantitative estimate of drug-likeness (QED) is 0.459. The molecular weight excluding hydrogens is 404 g/mol. The third-order valence-electron chi connectivity index (χ3n) is 4.90. The number of aryl methyl sites for hydroxylation is 1. The summed E-state index contributed by atoms with van der Waals surface area (Å²) in [6, 6.07) is 10.4. The Labute approximate surface area is 176 Å². The Morgan fingerprint density at radius 1 is 1.29 bits per heavy atom. The smallest absolute Gasteiger partial charge is 0.271 e. The fourth-order valence-electron chi connectivity index (χ4n) is 3.21. The summed E-state index contributed by atoms with van der Waals surface area (Å²) in [5.41, 5.74) is 1.57. The van der Waals surface area contributed by atoms with Crippen LogP contribution in [0, 0.1) is 17.0 Å². The van der Waals surface area contributed by atoms with Crippen LogP contribution in [0.2, 0.25) is 0 Å². The van der Waals surface area contributed by atoms with Crippen molar-refractivity contribution < 1.29 is 19.2 Å². The van der Waals surface area contributed by atoms with Gasteiger partial charge in [-0.25, -0.2) is 4.68 Å². The molecule has 0 fully saturated rings. The summed E-state index contributed by atoms with van der Waals surface area (Å²) < 4.78 is 6.51. The number of aromatic nitrogens is 3. The minimum Gasteiger partial charge on any atom is -0.497 e. The molecule has 11 nitrogen and oxygen atoms in total. The summed E-state index contributed by atoms with van der Waals surface area (Å²) in [7, 11) is 1.57. The lowest BCUT2D eigenvalue weighted by Crippen LogP contribution is -2.24. The van der Waals surface area contributed by atoms with Gasteiger partial charge in [-0.2, -0.15) is 4.98 Å². The lowest BCUT2D eigenvalue weighted by Gasteiger charge is -2.11. The average molecular weight is 422 g/mol. The highest BCUT2D eigenvalue weighted by Crippen LogP contribution is 2.29. The van der Waals surface area contributed by atoms with Crippen molar-refractivity contribution in [1.29, 1.82) is 0 Å². The highest BCUT2D eigenvalue weighted by molar-refractivity contribution is 6.01. The number of nitrogens with zero attached hydrogens (tertiary/aromatic N) is 4. The number of ether oxygens (including phenoxy) is 1. The molecule has 31 heavy (non-hydrogen) atoms. The Morgan fingerprint density at radius 2 is 2.03 bits per heavy atom. The molecular formula is C20H18N6O5. The number of hydrogen-bond acceptors (Lipinski definition) is 7. The third-order valence-corrected chi connectivity index (χ3v) is 4.90. The van der Waals surface area contributed by atoms with Crippen LogP contribution >= 0.6 is 0 Å². The molecule has 2 aromatic carbocycles. The second-order valence-electron chi connectivity index (χ2n) is 6.95. The highest BCUT2D eigenvalue weighted by Gasteiger charge is 2.35. The van der Waals surface area contributed by atoms with Gasteiger partial charge in [0.25, 0.3) is 11.6 Å². The van der Waals surface area contributed by atoms with Gasteiger partial charge in [0.15, 0.2) is 5.82 Å². The van der Waals surface area contributed by atoms with E-state index in [1.54, 1.807) is 44.4 Å². The number of methoxy groups -OCH3 is 1. The van der Waals surface area contributed by atoms with Gasteiger partial charge in [-0.1, -0.05) is 6.07 Å². The van der Waals surface area contributed by atoms with Crippen molar-refractivity contribution in [2.45, 2.75) is 19.4 Å². The molecule has 0 aliphatic carbocycles. The second kappa shape index (κ2) is 7.86. The van der Waals surface area contributed by atoms with E-state index >= 15 is 0 Å². The Balaban J connectivity index is 1.52. The molecule has 1 atom stereocenters. The van der Waals surface area contributed by atoms with Crippen LogP contribution in [0.5, 0.6) is 5.75 Å². The highest BCUT2D eigenvalue weighted by atomic mass is 16.6. The maximum absolute atomic E-state index is 12.6. The summed E-state index contributed by atoms with van der Waals surface area (Å²) in [4.78, 5) is 39.7. The number of rotatable bonds is 6. The molecule has 0 saturated heterocycles. The van der Waals surface area contributed by atoms with E-state index in [0.29, 0.717) is 22.8 Å². The zero-order valence-corrected chi connectivity index (χ0v) is 16.7. The molecule has 0 saturated carbocycles. The summed E-state index contributed by atoms with van der Waals surface area (Å²) in [5, 5.41) is 20.6. The van der Waals surface area contributed by atoms with Crippen LogP contribution in [-0.4, -0.2) is 38.6 Å². The Morgan fingerprint density at radius 3 is 2.71 bits per heavy atom. The summed E-state index contributed by atoms with van der Waals surface area (Å²) in [6.07, 6.45) is -0.202. The van der Waals surface area contributed by atoms with Crippen molar-refractivity contribution in [2.75, 3.05) is 17.7 Å². The van der Waals surface area contributed by atoms with Gasteiger partial charge in [0.1, 0.15) is 11.8 Å². The Kier molecular flexibility index (Phi) is 5.07. The van der Waals surface area contributed by atoms with E-state index in [0.717, 1.165) is 5.56 Å². The van der Waals surface area contributed by atoms with Gasteiger partial charge in [0, 0.05) is 17.7 Å². The lowest BCUT2D eigenvalue weighted by molar-refractivity contribution is -0.384. The van der Waals surface area contributed by atoms with Crippen molar-refractivity contribution in [2.24, 2.45) is 0 Å². The van der Waals surface area contributed by atoms with Crippen molar-refractivity contribution in [1.82, 2.24) is 14.8 Å². The van der Waals surface area contributed by atoms with E-state index in [-0.39, 0.29) is 18.1 Å². The van der Waals surface area contributed by atoms with E-state index < -0.39 is 22.8 Å². The van der Waals surface area contributed by atoms with E-state index in [4.69, 9.17) is 4.74 Å². The van der Waals surface area contributed by atoms with Gasteiger partial charge in [0.2, 0.25) is 11.9 Å². The molecule has 0 spiro atoms. The number of nitrogens with one attached hydrogen (secondary N) is 2. The van der Waals surface area contributed by atoms with Crippen LogP contribution < -0.4 is 15.4 Å². The molecule has 0 radical (unpaired) electrons. The topological polar surface area (TPSA) is 141 Å². The maximum Gasteiger partial charge on any atom is 0.271 e. The predicted octanol–water partition coefficient (Wildman–Crippen LogP) is 2.69. The van der Waals surface area contributed by atoms with Gasteiger partial charge < -0.3 is 10.1 Å². The predicted molar refractivity (Wildman–Crippen MR) is 111 cm³/mol. The van der Waals surface area contributed by atoms with Crippen LogP contribution in [0.3, 0.4) is 0 Å². The van der Waals surface area contributed by atoms with Gasteiger partial charge in [-0.3, -0.25) is 25.0 Å². The van der Waals surface area contributed by atoms with Gasteiger partial charge >= 0.3 is 0 Å². The number of hydrogen-bond donors (Lipinski definition) is 2. The summed E-state index contributed by atoms with van der Waals surface area (Å²) in [6.45, 7) is 1.72. The minimum atomic E-state index is -0.881. The normalized spacial score (nSPS) is 14.6. The van der Waals surface area contributed by atoms with Crippen LogP contribution in [0.25, 0.3) is 11.4 Å². The van der Waals surface area contributed by atoms with E-state index in [1.165, 1.54) is 16.8 Å². The molecule has 3 aromatic rings. The fourth-order valence-corrected chi connectivity index (χ4v) is 3.21. The monoisotopic (exact) mass is 422 g/mol. The first kappa shape index (κ1) is 20.0. The third kappa shape index (κ3) is 3.92. The van der Waals surface area contributed by atoms with Crippen LogP contribution in [0.4, 0.5) is 17.3 Å². The van der Waals surface area contributed by atoms with Crippen molar-refractivity contribution in [3.63, 3.8) is 0 Å². The number of nitro groups is 1. The van der Waals surface area contributed by atoms with Crippen LogP contribution in [0.15, 0.2) is 42.5 Å². The average Bonchev–Trinajstić information content (AvgIpc) is 3.28. The number of non-ortho nitro benzene ring substituents is 1. The molecule has 1 aliphatic rings. The van der Waals surface area contributed by atoms with Crippen molar-refractivity contribution >= 4 is 29.1 Å². The summed E-state index contributed by atoms with van der Waals surface area (Å²) in [5.74, 6) is 0.466. The zero-order chi connectivity index (χ0) is 22.1. The standard InChI is InChI=1S/C20H18N6O5/c1-11-3-6-13(26(29)30)9-15(11)21-17(27)10-16-19(28)23-20-22-18(24-25(16)20)12-4-7-14(31-2)8-5-12/h3-9,16H,10H2,1-2H3,(H,21,27)(H,22,23,24,28)/t16-/m0/s1. The second-order valence-corrected chi connectivity index (χ2v) is 6.95. The van der Waals surface area contributed by atoms with Crippen molar-refractivity contribution in [3.8, 4) is 17.1 Å². The van der Waals surface area contributed by atoms with E-state index in [2.05, 4.69) is 20.7 Å². The number of carbonyl (C=O) groups is 2. The first-order valence-corrected chi connectivity index (χ1v) is 9.32. The molecule has 2 heterocycles. The van der Waals surface area contributed by atoms with Gasteiger partial charge in [0.05, 0.1) is 24.1 Å². The fraction of sp³-hybridized carbons (Fsp3) is 0.200. The summed E-state index contributed by atoms with van der Waals surface area (Å²) >= 11 is 0. The first-order chi connectivity index (χ1) is 14.9. The number of anilines is 2. The zero-order valence-electron chi connectivity index (χ0n) is 16.7. The minimum absolute atomic E-state index is 0.137. The largest absolute Gasteiger partial charge is 0.497 e. The lowest BCUT2D eigenvalue weighted by atomic mass is 10.1. The molecule has 0 bridgehead atoms. The van der Waals surface area contributed by atoms with E-state index in [9.17, 15) is 19.7 Å². The molecule has 2 amide bonds. The molecule has 158 valence electrons. The molecule has 1 aliphatic heterocycles. The number of carbonyl (C=O) groups excluding carboxylic acids is 2. The number of nitro benzene ring substituents is 1. The molecule has 2 N–H and O–H groups in total. The molecule has 4 rings (SSSR count). The van der Waals surface area contributed by atoms with Gasteiger partial charge in [-0.15, -0.1) is 5.10 Å². The molecule has 0 unspecified atom stereocenters. The van der Waals surface area contributed by atoms with Crippen LogP contribution in [-0.2, 0) is 9.59 Å². The Bertz CT molecular complexity index is 1190. The van der Waals surface area contributed by atoms with E-state index in [1.807, 2.05) is 0 Å². The molecule has 11 heteroatoms. The SMILES string of the molecule is COc1ccc(-c2nc3n(n2)[C@@H](CC(=O)Nc2cc([N+](=O)[O-])ccc2C)C(=O)N3)cc1.